The Morgan fingerprint density at radius 3 is 1.68 bits per heavy atom. The molecule has 3 heteroatoms. The highest BCUT2D eigenvalue weighted by atomic mass is 32.1. The standard InChI is InChI=1S/C16H17NOS/c1-18-16(19)17(12-14-8-4-2-5-9-14)13-15-10-6-3-7-11-15/h2-11H,12-13H2,1H3. The summed E-state index contributed by atoms with van der Waals surface area (Å²) in [7, 11) is 1.62. The molecule has 0 heterocycles. The number of thiocarbonyl (C=S) groups is 1. The molecule has 2 nitrogen and oxygen atoms in total. The van der Waals surface area contributed by atoms with Gasteiger partial charge in [0.2, 0.25) is 0 Å². The third-order valence-corrected chi connectivity index (χ3v) is 3.29. The molecule has 98 valence electrons. The Kier molecular flexibility index (Phi) is 4.93. The number of hydrogen-bond donors (Lipinski definition) is 0. The predicted octanol–water partition coefficient (Wildman–Crippen LogP) is 3.62. The van der Waals surface area contributed by atoms with E-state index in [4.69, 9.17) is 17.0 Å². The zero-order valence-corrected chi connectivity index (χ0v) is 11.8. The van der Waals surface area contributed by atoms with E-state index < -0.39 is 0 Å². The normalized spacial score (nSPS) is 9.95. The van der Waals surface area contributed by atoms with Gasteiger partial charge in [0.05, 0.1) is 7.11 Å². The summed E-state index contributed by atoms with van der Waals surface area (Å²) >= 11 is 5.28. The minimum atomic E-state index is 0.521. The fourth-order valence-corrected chi connectivity index (χ4v) is 2.05. The van der Waals surface area contributed by atoms with Gasteiger partial charge in [0.1, 0.15) is 0 Å². The van der Waals surface area contributed by atoms with Gasteiger partial charge in [0, 0.05) is 13.1 Å². The van der Waals surface area contributed by atoms with Crippen molar-refractivity contribution in [2.75, 3.05) is 7.11 Å². The van der Waals surface area contributed by atoms with Crippen LogP contribution in [0.5, 0.6) is 0 Å². The first-order valence-electron chi connectivity index (χ1n) is 6.20. The van der Waals surface area contributed by atoms with Crippen molar-refractivity contribution in [2.24, 2.45) is 0 Å². The summed E-state index contributed by atoms with van der Waals surface area (Å²) in [4.78, 5) is 2.06. The third-order valence-electron chi connectivity index (χ3n) is 2.87. The molecule has 0 aliphatic carbocycles. The van der Waals surface area contributed by atoms with Gasteiger partial charge in [-0.1, -0.05) is 60.7 Å². The summed E-state index contributed by atoms with van der Waals surface area (Å²) < 4.78 is 5.21. The molecule has 19 heavy (non-hydrogen) atoms. The Morgan fingerprint density at radius 2 is 1.32 bits per heavy atom. The van der Waals surface area contributed by atoms with E-state index >= 15 is 0 Å². The van der Waals surface area contributed by atoms with Gasteiger partial charge in [-0.2, -0.15) is 0 Å². The van der Waals surface area contributed by atoms with Gasteiger partial charge in [0.25, 0.3) is 5.17 Å². The highest BCUT2D eigenvalue weighted by molar-refractivity contribution is 7.80. The molecule has 0 amide bonds. The number of nitrogens with zero attached hydrogens (tertiary/aromatic N) is 1. The summed E-state index contributed by atoms with van der Waals surface area (Å²) in [6.07, 6.45) is 0. The smallest absolute Gasteiger partial charge is 0.259 e. The second kappa shape index (κ2) is 6.90. The molecule has 0 aromatic heterocycles. The fraction of sp³-hybridized carbons (Fsp3) is 0.188. The van der Waals surface area contributed by atoms with Crippen molar-refractivity contribution in [1.82, 2.24) is 4.90 Å². The van der Waals surface area contributed by atoms with Crippen LogP contribution in [0.3, 0.4) is 0 Å². The molecule has 2 rings (SSSR count). The quantitative estimate of drug-likeness (QED) is 0.788. The van der Waals surface area contributed by atoms with Crippen LogP contribution in [-0.4, -0.2) is 17.2 Å². The highest BCUT2D eigenvalue weighted by Gasteiger charge is 2.11. The maximum atomic E-state index is 5.28. The van der Waals surface area contributed by atoms with Crippen LogP contribution in [0.4, 0.5) is 0 Å². The van der Waals surface area contributed by atoms with E-state index in [0.717, 1.165) is 13.1 Å². The van der Waals surface area contributed by atoms with Crippen molar-refractivity contribution in [3.05, 3.63) is 71.8 Å². The molecule has 0 saturated heterocycles. The first-order chi connectivity index (χ1) is 9.29. The van der Waals surface area contributed by atoms with Gasteiger partial charge in [-0.25, -0.2) is 0 Å². The molecule has 0 unspecified atom stereocenters. The molecular formula is C16H17NOS. The number of hydrogen-bond acceptors (Lipinski definition) is 2. The molecule has 0 atom stereocenters. The average Bonchev–Trinajstić information content (AvgIpc) is 2.48. The van der Waals surface area contributed by atoms with Gasteiger partial charge in [0.15, 0.2) is 0 Å². The van der Waals surface area contributed by atoms with E-state index in [-0.39, 0.29) is 0 Å². The minimum Gasteiger partial charge on any atom is -0.474 e. The van der Waals surface area contributed by atoms with E-state index in [2.05, 4.69) is 29.2 Å². The molecule has 0 bridgehead atoms. The van der Waals surface area contributed by atoms with Gasteiger partial charge < -0.3 is 9.64 Å². The molecule has 2 aromatic rings. The number of benzene rings is 2. The van der Waals surface area contributed by atoms with Crippen molar-refractivity contribution in [1.29, 1.82) is 0 Å². The first kappa shape index (κ1) is 13.6. The number of methoxy groups -OCH3 is 1. The van der Waals surface area contributed by atoms with E-state index in [9.17, 15) is 0 Å². The summed E-state index contributed by atoms with van der Waals surface area (Å²) in [6.45, 7) is 1.50. The molecule has 0 spiro atoms. The molecule has 0 aliphatic rings. The van der Waals surface area contributed by atoms with Crippen molar-refractivity contribution in [2.45, 2.75) is 13.1 Å². The van der Waals surface area contributed by atoms with Gasteiger partial charge in [-0.15, -0.1) is 0 Å². The molecular weight excluding hydrogens is 254 g/mol. The van der Waals surface area contributed by atoms with Crippen LogP contribution in [-0.2, 0) is 17.8 Å². The second-order valence-electron chi connectivity index (χ2n) is 4.30. The Hall–Kier alpha value is -1.87. The Bertz CT molecular complexity index is 471. The lowest BCUT2D eigenvalue weighted by Crippen LogP contribution is -2.29. The fourth-order valence-electron chi connectivity index (χ4n) is 1.92. The summed E-state index contributed by atoms with van der Waals surface area (Å²) in [5.41, 5.74) is 2.44. The number of rotatable bonds is 4. The van der Waals surface area contributed by atoms with Crippen LogP contribution in [0.1, 0.15) is 11.1 Å². The monoisotopic (exact) mass is 271 g/mol. The molecule has 0 aliphatic heterocycles. The lowest BCUT2D eigenvalue weighted by Gasteiger charge is -2.24. The van der Waals surface area contributed by atoms with Crippen molar-refractivity contribution in [3.63, 3.8) is 0 Å². The van der Waals surface area contributed by atoms with Crippen molar-refractivity contribution >= 4 is 17.4 Å². The zero-order chi connectivity index (χ0) is 13.5. The van der Waals surface area contributed by atoms with Crippen LogP contribution >= 0.6 is 12.2 Å². The van der Waals surface area contributed by atoms with Crippen molar-refractivity contribution < 1.29 is 4.74 Å². The van der Waals surface area contributed by atoms with Crippen molar-refractivity contribution in [3.8, 4) is 0 Å². The van der Waals surface area contributed by atoms with Gasteiger partial charge in [-0.3, -0.25) is 0 Å². The molecule has 0 saturated carbocycles. The number of ether oxygens (including phenoxy) is 1. The van der Waals surface area contributed by atoms with E-state index in [1.54, 1.807) is 7.11 Å². The zero-order valence-electron chi connectivity index (χ0n) is 11.0. The highest BCUT2D eigenvalue weighted by Crippen LogP contribution is 2.11. The molecule has 0 radical (unpaired) electrons. The van der Waals surface area contributed by atoms with Crippen LogP contribution in [0, 0.1) is 0 Å². The summed E-state index contributed by atoms with van der Waals surface area (Å²) in [5, 5.41) is 0.521. The Labute approximate surface area is 119 Å². The van der Waals surface area contributed by atoms with Crippen LogP contribution in [0.25, 0.3) is 0 Å². The summed E-state index contributed by atoms with van der Waals surface area (Å²) in [6, 6.07) is 20.5. The second-order valence-corrected chi connectivity index (χ2v) is 4.65. The lowest BCUT2D eigenvalue weighted by atomic mass is 10.2. The maximum Gasteiger partial charge on any atom is 0.259 e. The third kappa shape index (κ3) is 4.07. The van der Waals surface area contributed by atoms with E-state index in [1.165, 1.54) is 11.1 Å². The van der Waals surface area contributed by atoms with Crippen LogP contribution in [0.15, 0.2) is 60.7 Å². The van der Waals surface area contributed by atoms with E-state index in [1.807, 2.05) is 36.4 Å². The van der Waals surface area contributed by atoms with Gasteiger partial charge >= 0.3 is 0 Å². The van der Waals surface area contributed by atoms with Gasteiger partial charge in [-0.05, 0) is 23.3 Å². The molecule has 2 aromatic carbocycles. The minimum absolute atomic E-state index is 0.521. The van der Waals surface area contributed by atoms with E-state index in [0.29, 0.717) is 5.17 Å². The Morgan fingerprint density at radius 1 is 0.895 bits per heavy atom. The molecule has 0 fully saturated rings. The SMILES string of the molecule is COC(=S)N(Cc1ccccc1)Cc1ccccc1. The Balaban J connectivity index is 2.10. The maximum absolute atomic E-state index is 5.28. The largest absolute Gasteiger partial charge is 0.474 e. The van der Waals surface area contributed by atoms with Crippen LogP contribution in [0.2, 0.25) is 0 Å². The van der Waals surface area contributed by atoms with Crippen LogP contribution < -0.4 is 0 Å². The lowest BCUT2D eigenvalue weighted by molar-refractivity contribution is 0.284. The topological polar surface area (TPSA) is 12.5 Å². The first-order valence-corrected chi connectivity index (χ1v) is 6.61. The summed E-state index contributed by atoms with van der Waals surface area (Å²) in [5.74, 6) is 0. The predicted molar refractivity (Wildman–Crippen MR) is 81.7 cm³/mol. The average molecular weight is 271 g/mol. The molecule has 0 N–H and O–H groups in total.